The van der Waals surface area contributed by atoms with Crippen molar-refractivity contribution >= 4 is 6.08 Å². The molecule has 0 heterocycles. The number of carbonyl (C=O) groups excluding carboxylic acids is 1. The van der Waals surface area contributed by atoms with Crippen molar-refractivity contribution in [1.82, 2.24) is 0 Å². The molecule has 1 aromatic rings. The third-order valence-corrected chi connectivity index (χ3v) is 3.29. The van der Waals surface area contributed by atoms with E-state index >= 15 is 0 Å². The number of ether oxygens (including phenoxy) is 1. The second-order valence-electron chi connectivity index (χ2n) is 4.32. The average Bonchev–Trinajstić information content (AvgIpc) is 3.00. The van der Waals surface area contributed by atoms with E-state index < -0.39 is 0 Å². The number of methoxy groups -OCH3 is 1. The van der Waals surface area contributed by atoms with Crippen LogP contribution in [0.2, 0.25) is 0 Å². The van der Waals surface area contributed by atoms with Gasteiger partial charge in [-0.2, -0.15) is 4.99 Å². The van der Waals surface area contributed by atoms with Gasteiger partial charge in [0.05, 0.1) is 12.6 Å². The van der Waals surface area contributed by atoms with Gasteiger partial charge >= 0.3 is 0 Å². The van der Waals surface area contributed by atoms with Crippen LogP contribution in [0.5, 0.6) is 5.75 Å². The molecule has 1 aliphatic carbocycles. The van der Waals surface area contributed by atoms with Gasteiger partial charge in [-0.3, -0.25) is 0 Å². The molecule has 3 heteroatoms. The van der Waals surface area contributed by atoms with Crippen LogP contribution in [-0.2, 0) is 10.3 Å². The quantitative estimate of drug-likeness (QED) is 0.576. The lowest BCUT2D eigenvalue weighted by atomic mass is 9.96. The molecule has 1 aliphatic rings. The molecule has 0 unspecified atom stereocenters. The van der Waals surface area contributed by atoms with E-state index in [0.717, 1.165) is 35.3 Å². The van der Waals surface area contributed by atoms with Crippen LogP contribution in [-0.4, -0.2) is 13.2 Å². The lowest BCUT2D eigenvalue weighted by molar-refractivity contribution is 0.407. The van der Waals surface area contributed by atoms with Crippen LogP contribution in [0.15, 0.2) is 17.1 Å². The van der Waals surface area contributed by atoms with Crippen molar-refractivity contribution in [2.45, 2.75) is 32.2 Å². The van der Waals surface area contributed by atoms with Crippen molar-refractivity contribution < 1.29 is 9.53 Å². The van der Waals surface area contributed by atoms with Crippen molar-refractivity contribution in [2.24, 2.45) is 4.99 Å². The molecule has 3 nitrogen and oxygen atoms in total. The van der Waals surface area contributed by atoms with Gasteiger partial charge in [0.15, 0.2) is 0 Å². The van der Waals surface area contributed by atoms with Gasteiger partial charge in [0.25, 0.3) is 0 Å². The van der Waals surface area contributed by atoms with E-state index in [1.54, 1.807) is 13.2 Å². The molecule has 2 rings (SSSR count). The lowest BCUT2D eigenvalue weighted by Crippen LogP contribution is -2.06. The van der Waals surface area contributed by atoms with E-state index in [9.17, 15) is 4.79 Å². The molecule has 0 radical (unpaired) electrons. The summed E-state index contributed by atoms with van der Waals surface area (Å²) in [5.41, 5.74) is 2.97. The van der Waals surface area contributed by atoms with E-state index in [1.807, 2.05) is 26.0 Å². The minimum absolute atomic E-state index is 0.313. The maximum Gasteiger partial charge on any atom is 0.235 e. The van der Waals surface area contributed by atoms with E-state index in [-0.39, 0.29) is 5.54 Å². The number of rotatable bonds is 3. The molecule has 0 amide bonds. The number of aryl methyl sites for hydroxylation is 1. The molecule has 0 bridgehead atoms. The van der Waals surface area contributed by atoms with Crippen LogP contribution in [0.1, 0.15) is 29.5 Å². The van der Waals surface area contributed by atoms with Crippen LogP contribution in [0.3, 0.4) is 0 Å². The maximum absolute atomic E-state index is 10.4. The lowest BCUT2D eigenvalue weighted by Gasteiger charge is -2.16. The first-order valence-electron chi connectivity index (χ1n) is 5.38. The molecule has 84 valence electrons. The van der Waals surface area contributed by atoms with Crippen molar-refractivity contribution in [2.75, 3.05) is 7.11 Å². The second-order valence-corrected chi connectivity index (χ2v) is 4.32. The maximum atomic E-state index is 10.4. The topological polar surface area (TPSA) is 38.7 Å². The number of hydrogen-bond donors (Lipinski definition) is 0. The van der Waals surface area contributed by atoms with E-state index in [4.69, 9.17) is 4.74 Å². The number of isocyanates is 1. The number of benzene rings is 1. The summed E-state index contributed by atoms with van der Waals surface area (Å²) in [6, 6.07) is 4.06. The van der Waals surface area contributed by atoms with Gasteiger partial charge in [0.2, 0.25) is 6.08 Å². The average molecular weight is 217 g/mol. The Hall–Kier alpha value is -1.60. The Labute approximate surface area is 95.2 Å². The third kappa shape index (κ3) is 1.54. The van der Waals surface area contributed by atoms with Gasteiger partial charge in [-0.1, -0.05) is 12.1 Å². The summed E-state index contributed by atoms with van der Waals surface area (Å²) in [7, 11) is 1.67. The van der Waals surface area contributed by atoms with E-state index in [0.29, 0.717) is 0 Å². The van der Waals surface area contributed by atoms with Crippen LogP contribution in [0.4, 0.5) is 0 Å². The molecule has 1 saturated carbocycles. The molecule has 0 aliphatic heterocycles. The Balaban J connectivity index is 2.55. The summed E-state index contributed by atoms with van der Waals surface area (Å²) in [6.07, 6.45) is 3.53. The first kappa shape index (κ1) is 10.9. The van der Waals surface area contributed by atoms with Crippen molar-refractivity contribution in [3.8, 4) is 5.75 Å². The molecule has 0 saturated heterocycles. The van der Waals surface area contributed by atoms with Crippen LogP contribution < -0.4 is 4.74 Å². The Kier molecular flexibility index (Phi) is 2.56. The Morgan fingerprint density at radius 2 is 2.06 bits per heavy atom. The summed E-state index contributed by atoms with van der Waals surface area (Å²) in [4.78, 5) is 14.4. The smallest absolute Gasteiger partial charge is 0.235 e. The van der Waals surface area contributed by atoms with Gasteiger partial charge in [0, 0.05) is 0 Å². The molecular formula is C13H15NO2. The predicted octanol–water partition coefficient (Wildman–Crippen LogP) is 2.64. The van der Waals surface area contributed by atoms with E-state index in [2.05, 4.69) is 4.99 Å². The Bertz CT molecular complexity index is 469. The first-order chi connectivity index (χ1) is 7.64. The molecule has 0 N–H and O–H groups in total. The standard InChI is InChI=1S/C13H15NO2/c1-9-4-5-11(10(2)12(9)16-3)13(6-7-13)14-8-15/h4-5H,6-7H2,1-3H3. The summed E-state index contributed by atoms with van der Waals surface area (Å²) >= 11 is 0. The largest absolute Gasteiger partial charge is 0.496 e. The van der Waals surface area contributed by atoms with Gasteiger partial charge in [-0.15, -0.1) is 0 Å². The molecule has 16 heavy (non-hydrogen) atoms. The van der Waals surface area contributed by atoms with Crippen molar-refractivity contribution in [3.63, 3.8) is 0 Å². The number of aliphatic imine (C=N–C) groups is 1. The monoisotopic (exact) mass is 217 g/mol. The minimum atomic E-state index is -0.313. The minimum Gasteiger partial charge on any atom is -0.496 e. The Morgan fingerprint density at radius 1 is 1.38 bits per heavy atom. The fourth-order valence-corrected chi connectivity index (χ4v) is 2.29. The highest BCUT2D eigenvalue weighted by molar-refractivity contribution is 5.51. The highest BCUT2D eigenvalue weighted by atomic mass is 16.5. The van der Waals surface area contributed by atoms with Crippen molar-refractivity contribution in [1.29, 1.82) is 0 Å². The zero-order chi connectivity index (χ0) is 11.8. The van der Waals surface area contributed by atoms with Gasteiger partial charge in [-0.25, -0.2) is 4.79 Å². The van der Waals surface area contributed by atoms with Crippen molar-refractivity contribution in [3.05, 3.63) is 28.8 Å². The first-order valence-corrected chi connectivity index (χ1v) is 5.38. The third-order valence-electron chi connectivity index (χ3n) is 3.29. The van der Waals surface area contributed by atoms with Gasteiger partial charge < -0.3 is 4.74 Å². The van der Waals surface area contributed by atoms with Crippen LogP contribution in [0, 0.1) is 13.8 Å². The molecule has 0 atom stereocenters. The molecule has 0 aromatic heterocycles. The van der Waals surface area contributed by atoms with E-state index in [1.165, 1.54) is 0 Å². The summed E-state index contributed by atoms with van der Waals surface area (Å²) < 4.78 is 5.38. The predicted molar refractivity (Wildman–Crippen MR) is 61.5 cm³/mol. The number of hydrogen-bond acceptors (Lipinski definition) is 3. The van der Waals surface area contributed by atoms with Crippen LogP contribution in [0.25, 0.3) is 0 Å². The molecule has 1 fully saturated rings. The zero-order valence-corrected chi connectivity index (χ0v) is 9.83. The van der Waals surface area contributed by atoms with Crippen LogP contribution >= 0.6 is 0 Å². The molecule has 0 spiro atoms. The number of nitrogens with zero attached hydrogens (tertiary/aromatic N) is 1. The van der Waals surface area contributed by atoms with Gasteiger partial charge in [0.1, 0.15) is 5.75 Å². The SMILES string of the molecule is COc1c(C)ccc(C2(N=C=O)CC2)c1C. The highest BCUT2D eigenvalue weighted by Crippen LogP contribution is 2.51. The van der Waals surface area contributed by atoms with Gasteiger partial charge in [-0.05, 0) is 43.4 Å². The highest BCUT2D eigenvalue weighted by Gasteiger charge is 2.46. The normalized spacial score (nSPS) is 16.4. The summed E-state index contributed by atoms with van der Waals surface area (Å²) in [5.74, 6) is 0.893. The molecule has 1 aromatic carbocycles. The Morgan fingerprint density at radius 3 is 2.56 bits per heavy atom. The fraction of sp³-hybridized carbons (Fsp3) is 0.462. The summed E-state index contributed by atoms with van der Waals surface area (Å²) in [5, 5.41) is 0. The fourth-order valence-electron chi connectivity index (χ4n) is 2.29. The zero-order valence-electron chi connectivity index (χ0n) is 9.83. The second kappa shape index (κ2) is 3.76. The summed E-state index contributed by atoms with van der Waals surface area (Å²) in [6.45, 7) is 4.03. The molecular weight excluding hydrogens is 202 g/mol.